The summed E-state index contributed by atoms with van der Waals surface area (Å²) in [5.74, 6) is -8.41. The van der Waals surface area contributed by atoms with Crippen molar-refractivity contribution in [2.75, 3.05) is 24.3 Å². The lowest BCUT2D eigenvalue weighted by molar-refractivity contribution is -0.143. The van der Waals surface area contributed by atoms with E-state index >= 15 is 0 Å². The molecule has 5 amide bonds. The summed E-state index contributed by atoms with van der Waals surface area (Å²) >= 11 is 5.45. The molecule has 10 N–H and O–H groups in total. The van der Waals surface area contributed by atoms with E-state index in [0.29, 0.717) is 5.75 Å². The molecule has 0 aromatic carbocycles. The number of carbonyl (C=O) groups is 8. The first-order chi connectivity index (χ1) is 20.5. The van der Waals surface area contributed by atoms with E-state index in [2.05, 4.69) is 39.2 Å². The van der Waals surface area contributed by atoms with Crippen LogP contribution < -0.4 is 32.3 Å². The van der Waals surface area contributed by atoms with Crippen molar-refractivity contribution < 1.29 is 53.7 Å². The first kappa shape index (κ1) is 40.4. The highest BCUT2D eigenvalue weighted by Crippen LogP contribution is 2.07. The number of carboxylic acids is 3. The van der Waals surface area contributed by atoms with Crippen LogP contribution in [0.4, 0.5) is 0 Å². The SMILES string of the molecule is CSCCC(N)C(=O)NC(CC(=O)O)C(=O)NCC(=O)NC(CS)C(=O)NC(CCC(=O)O)C(=O)NC(CC(C)C)C(=O)O. The normalized spacial score (nSPS) is 14.2. The number of rotatable bonds is 22. The second-order valence-electron chi connectivity index (χ2n) is 10.1. The number of thioether (sulfide) groups is 1. The average Bonchev–Trinajstić information content (AvgIpc) is 2.93. The molecule has 0 aliphatic rings. The van der Waals surface area contributed by atoms with Crippen molar-refractivity contribution in [3.63, 3.8) is 0 Å². The minimum Gasteiger partial charge on any atom is -0.481 e. The highest BCUT2D eigenvalue weighted by Gasteiger charge is 2.31. The first-order valence-electron chi connectivity index (χ1n) is 13.5. The topological polar surface area (TPSA) is 283 Å². The largest absolute Gasteiger partial charge is 0.481 e. The molecule has 0 heterocycles. The number of carbonyl (C=O) groups excluding carboxylic acids is 5. The molecule has 0 spiro atoms. The lowest BCUT2D eigenvalue weighted by atomic mass is 10.0. The van der Waals surface area contributed by atoms with Crippen molar-refractivity contribution in [3.8, 4) is 0 Å². The zero-order valence-electron chi connectivity index (χ0n) is 24.7. The van der Waals surface area contributed by atoms with Crippen LogP contribution in [0.1, 0.15) is 46.0 Å². The predicted molar refractivity (Wildman–Crippen MR) is 162 cm³/mol. The van der Waals surface area contributed by atoms with Gasteiger partial charge in [0.1, 0.15) is 24.2 Å². The minimum atomic E-state index is -1.55. The summed E-state index contributed by atoms with van der Waals surface area (Å²) in [6, 6.07) is -6.67. The van der Waals surface area contributed by atoms with Crippen molar-refractivity contribution in [2.45, 2.75) is 76.2 Å². The van der Waals surface area contributed by atoms with Gasteiger partial charge in [-0.1, -0.05) is 13.8 Å². The molecule has 19 heteroatoms. The second-order valence-corrected chi connectivity index (χ2v) is 11.4. The summed E-state index contributed by atoms with van der Waals surface area (Å²) in [7, 11) is 0. The van der Waals surface area contributed by atoms with Crippen LogP contribution in [0, 0.1) is 5.92 Å². The van der Waals surface area contributed by atoms with E-state index in [9.17, 15) is 43.5 Å². The molecule has 0 fully saturated rings. The van der Waals surface area contributed by atoms with Crippen molar-refractivity contribution in [2.24, 2.45) is 11.7 Å². The van der Waals surface area contributed by atoms with E-state index in [0.717, 1.165) is 0 Å². The van der Waals surface area contributed by atoms with Gasteiger partial charge < -0.3 is 47.6 Å². The maximum absolute atomic E-state index is 12.9. The predicted octanol–water partition coefficient (Wildman–Crippen LogP) is -2.48. The summed E-state index contributed by atoms with van der Waals surface area (Å²) in [6.45, 7) is 2.74. The molecule has 5 atom stereocenters. The van der Waals surface area contributed by atoms with E-state index in [-0.39, 0.29) is 30.9 Å². The van der Waals surface area contributed by atoms with Crippen LogP contribution in [0.2, 0.25) is 0 Å². The first-order valence-corrected chi connectivity index (χ1v) is 15.5. The third-order valence-corrected chi connectivity index (χ3v) is 6.85. The maximum Gasteiger partial charge on any atom is 0.326 e. The van der Waals surface area contributed by atoms with Crippen molar-refractivity contribution in [3.05, 3.63) is 0 Å². The highest BCUT2D eigenvalue weighted by atomic mass is 32.2. The van der Waals surface area contributed by atoms with Gasteiger partial charge in [0.15, 0.2) is 0 Å². The Balaban J connectivity index is 5.38. The second kappa shape index (κ2) is 21.2. The number of aliphatic carboxylic acids is 3. The standard InChI is InChI=1S/C25H42N6O11S2/c1-12(2)8-16(25(41)42)31-23(39)14(4-5-19(33)34)29-24(40)17(11-43)28-18(32)10-27-22(38)15(9-20(35)36)30-21(37)13(26)6-7-44-3/h12-17,43H,4-11,26H2,1-3H3,(H,27,38)(H,28,32)(H,29,40)(H,30,37)(H,31,39)(H,33,34)(H,35,36)(H,41,42). The van der Waals surface area contributed by atoms with Gasteiger partial charge in [-0.15, -0.1) is 0 Å². The molecule has 0 aromatic rings. The van der Waals surface area contributed by atoms with E-state index in [1.807, 2.05) is 0 Å². The van der Waals surface area contributed by atoms with Crippen LogP contribution >= 0.6 is 24.4 Å². The Morgan fingerprint density at radius 2 is 1.32 bits per heavy atom. The van der Waals surface area contributed by atoms with E-state index in [1.165, 1.54) is 11.8 Å². The van der Waals surface area contributed by atoms with Gasteiger partial charge in [-0.25, -0.2) is 4.79 Å². The van der Waals surface area contributed by atoms with Crippen LogP contribution in [-0.4, -0.2) is 117 Å². The molecule has 0 rings (SSSR count). The van der Waals surface area contributed by atoms with Crippen LogP contribution in [0.3, 0.4) is 0 Å². The highest BCUT2D eigenvalue weighted by molar-refractivity contribution is 7.98. The molecule has 0 aliphatic heterocycles. The molecule has 44 heavy (non-hydrogen) atoms. The van der Waals surface area contributed by atoms with Gasteiger partial charge >= 0.3 is 17.9 Å². The fourth-order valence-corrected chi connectivity index (χ4v) is 4.29. The summed E-state index contributed by atoms with van der Waals surface area (Å²) in [5, 5.41) is 38.8. The Morgan fingerprint density at radius 3 is 1.82 bits per heavy atom. The number of nitrogens with two attached hydrogens (primary N) is 1. The zero-order valence-corrected chi connectivity index (χ0v) is 26.4. The van der Waals surface area contributed by atoms with Crippen molar-refractivity contribution in [1.29, 1.82) is 0 Å². The molecular formula is C25H42N6O11S2. The third kappa shape index (κ3) is 16.9. The van der Waals surface area contributed by atoms with Gasteiger partial charge in [0.2, 0.25) is 29.5 Å². The number of nitrogens with one attached hydrogen (secondary N) is 5. The van der Waals surface area contributed by atoms with Crippen LogP contribution in [0.5, 0.6) is 0 Å². The van der Waals surface area contributed by atoms with Crippen LogP contribution in [0.15, 0.2) is 0 Å². The van der Waals surface area contributed by atoms with E-state index in [1.54, 1.807) is 20.1 Å². The minimum absolute atomic E-state index is 0.0730. The Bertz CT molecular complexity index is 1050. The van der Waals surface area contributed by atoms with Gasteiger partial charge in [-0.3, -0.25) is 33.6 Å². The Kier molecular flexibility index (Phi) is 19.5. The molecule has 0 bridgehead atoms. The van der Waals surface area contributed by atoms with E-state index in [4.69, 9.17) is 15.9 Å². The lowest BCUT2D eigenvalue weighted by Crippen LogP contribution is -2.57. The van der Waals surface area contributed by atoms with E-state index < -0.39 is 97.0 Å². The molecule has 5 unspecified atom stereocenters. The molecule has 0 saturated heterocycles. The Morgan fingerprint density at radius 1 is 0.750 bits per heavy atom. The smallest absolute Gasteiger partial charge is 0.326 e. The number of hydrogen-bond donors (Lipinski definition) is 10. The lowest BCUT2D eigenvalue weighted by Gasteiger charge is -2.24. The Hall–Kier alpha value is -3.58. The quantitative estimate of drug-likeness (QED) is 0.0537. The molecule has 0 radical (unpaired) electrons. The van der Waals surface area contributed by atoms with Gasteiger partial charge in [0.05, 0.1) is 19.0 Å². The van der Waals surface area contributed by atoms with Gasteiger partial charge in [-0.2, -0.15) is 24.4 Å². The summed E-state index contributed by atoms with van der Waals surface area (Å²) < 4.78 is 0. The summed E-state index contributed by atoms with van der Waals surface area (Å²) in [4.78, 5) is 96.8. The average molecular weight is 667 g/mol. The number of thiol groups is 1. The zero-order chi connectivity index (χ0) is 34.0. The number of carboxylic acid groups (broad SMARTS) is 3. The summed E-state index contributed by atoms with van der Waals surface area (Å²) in [5.41, 5.74) is 5.75. The van der Waals surface area contributed by atoms with Crippen molar-refractivity contribution in [1.82, 2.24) is 26.6 Å². The van der Waals surface area contributed by atoms with Gasteiger partial charge in [-0.05, 0) is 37.2 Å². The molecule has 0 aromatic heterocycles. The summed E-state index contributed by atoms with van der Waals surface area (Å²) in [6.07, 6.45) is 0.432. The fourth-order valence-electron chi connectivity index (χ4n) is 3.54. The molecule has 0 saturated carbocycles. The number of amides is 5. The van der Waals surface area contributed by atoms with Gasteiger partial charge in [0.25, 0.3) is 0 Å². The molecule has 0 aliphatic carbocycles. The van der Waals surface area contributed by atoms with Gasteiger partial charge in [0, 0.05) is 12.2 Å². The van der Waals surface area contributed by atoms with Crippen LogP contribution in [-0.2, 0) is 38.4 Å². The Labute approximate surface area is 264 Å². The van der Waals surface area contributed by atoms with Crippen molar-refractivity contribution >= 4 is 71.8 Å². The maximum atomic E-state index is 12.9. The molecule has 250 valence electrons. The van der Waals surface area contributed by atoms with Crippen LogP contribution in [0.25, 0.3) is 0 Å². The molecule has 17 nitrogen and oxygen atoms in total. The number of hydrogen-bond acceptors (Lipinski definition) is 11. The fraction of sp³-hybridized carbons (Fsp3) is 0.680. The third-order valence-electron chi connectivity index (χ3n) is 5.84. The monoisotopic (exact) mass is 666 g/mol. The molecular weight excluding hydrogens is 624 g/mol.